The minimum atomic E-state index is 0.629. The van der Waals surface area contributed by atoms with Crippen molar-refractivity contribution in [2.75, 3.05) is 12.4 Å². The summed E-state index contributed by atoms with van der Waals surface area (Å²) in [6, 6.07) is 0. The maximum atomic E-state index is 4.60. The number of nitrogens with one attached hydrogen (secondary N) is 1. The minimum Gasteiger partial charge on any atom is -0.372 e. The maximum Gasteiger partial charge on any atom is 0.143 e. The Bertz CT molecular complexity index is 322. The Morgan fingerprint density at radius 3 is 2.64 bits per heavy atom. The molecule has 1 fully saturated rings. The van der Waals surface area contributed by atoms with Gasteiger partial charge in [0.1, 0.15) is 11.6 Å². The van der Waals surface area contributed by atoms with Gasteiger partial charge in [-0.15, -0.1) is 0 Å². The second-order valence-corrected chi connectivity index (χ2v) is 4.65. The van der Waals surface area contributed by atoms with Crippen LogP contribution in [0.1, 0.15) is 37.2 Å². The van der Waals surface area contributed by atoms with Crippen LogP contribution in [0.25, 0.3) is 0 Å². The Hall–Kier alpha value is -0.390. The van der Waals surface area contributed by atoms with E-state index in [0.717, 1.165) is 21.6 Å². The van der Waals surface area contributed by atoms with E-state index in [4.69, 9.17) is 0 Å². The molecule has 1 aromatic rings. The highest BCUT2D eigenvalue weighted by Crippen LogP contribution is 2.39. The molecular weight excluding hydrogens is 289 g/mol. The summed E-state index contributed by atoms with van der Waals surface area (Å²) in [6.07, 6.45) is 3.50. The van der Waals surface area contributed by atoms with Crippen LogP contribution >= 0.6 is 22.6 Å². The van der Waals surface area contributed by atoms with Gasteiger partial charge in [0.05, 0.1) is 9.26 Å². The monoisotopic (exact) mass is 303 g/mol. The third-order valence-electron chi connectivity index (χ3n) is 2.45. The predicted octanol–water partition coefficient (Wildman–Crippen LogP) is 2.56. The van der Waals surface area contributed by atoms with Gasteiger partial charge in [-0.2, -0.15) is 0 Å². The second-order valence-electron chi connectivity index (χ2n) is 3.57. The van der Waals surface area contributed by atoms with Gasteiger partial charge in [-0.05, 0) is 41.9 Å². The minimum absolute atomic E-state index is 0.629. The van der Waals surface area contributed by atoms with Gasteiger partial charge < -0.3 is 5.32 Å². The molecule has 0 bridgehead atoms. The Kier molecular flexibility index (Phi) is 2.90. The highest BCUT2D eigenvalue weighted by atomic mass is 127. The quantitative estimate of drug-likeness (QED) is 0.872. The van der Waals surface area contributed by atoms with Crippen molar-refractivity contribution in [2.45, 2.75) is 32.1 Å². The Morgan fingerprint density at radius 2 is 2.14 bits per heavy atom. The lowest BCUT2D eigenvalue weighted by Crippen LogP contribution is -2.06. The van der Waals surface area contributed by atoms with Crippen LogP contribution in [0.3, 0.4) is 0 Å². The van der Waals surface area contributed by atoms with Crippen LogP contribution in [0.15, 0.2) is 0 Å². The van der Waals surface area contributed by atoms with Crippen LogP contribution in [0.4, 0.5) is 5.82 Å². The average molecular weight is 303 g/mol. The molecule has 0 saturated heterocycles. The van der Waals surface area contributed by atoms with Crippen molar-refractivity contribution in [2.24, 2.45) is 0 Å². The van der Waals surface area contributed by atoms with E-state index in [-0.39, 0.29) is 0 Å². The van der Waals surface area contributed by atoms with E-state index in [2.05, 4.69) is 44.8 Å². The zero-order valence-corrected chi connectivity index (χ0v) is 10.6. The predicted molar refractivity (Wildman–Crippen MR) is 65.6 cm³/mol. The molecule has 0 radical (unpaired) electrons. The van der Waals surface area contributed by atoms with E-state index >= 15 is 0 Å². The molecule has 2 rings (SSSR count). The standard InChI is InChI=1S/C10H14IN3/c1-3-7-8(11)10(12-2)14-9(13-7)6-4-5-6/h6H,3-5H2,1-2H3,(H,12,13,14). The first-order valence-electron chi connectivity index (χ1n) is 5.00. The third kappa shape index (κ3) is 1.85. The molecule has 0 spiro atoms. The topological polar surface area (TPSA) is 37.8 Å². The van der Waals surface area contributed by atoms with Gasteiger partial charge in [-0.1, -0.05) is 6.92 Å². The van der Waals surface area contributed by atoms with Gasteiger partial charge in [-0.3, -0.25) is 0 Å². The highest BCUT2D eigenvalue weighted by molar-refractivity contribution is 14.1. The molecule has 14 heavy (non-hydrogen) atoms. The van der Waals surface area contributed by atoms with Gasteiger partial charge in [0.2, 0.25) is 0 Å². The van der Waals surface area contributed by atoms with Crippen LogP contribution in [-0.2, 0) is 6.42 Å². The van der Waals surface area contributed by atoms with Crippen LogP contribution < -0.4 is 5.32 Å². The molecule has 0 aromatic carbocycles. The summed E-state index contributed by atoms with van der Waals surface area (Å²) in [5.74, 6) is 2.65. The SMILES string of the molecule is CCc1nc(C2CC2)nc(NC)c1I. The van der Waals surface area contributed by atoms with E-state index in [1.807, 2.05) is 7.05 Å². The number of hydrogen-bond acceptors (Lipinski definition) is 3. The lowest BCUT2D eigenvalue weighted by molar-refractivity contribution is 0.872. The summed E-state index contributed by atoms with van der Waals surface area (Å²) >= 11 is 2.31. The van der Waals surface area contributed by atoms with Crippen molar-refractivity contribution in [3.8, 4) is 0 Å². The first-order chi connectivity index (χ1) is 6.76. The second kappa shape index (κ2) is 4.00. The summed E-state index contributed by atoms with van der Waals surface area (Å²) in [5, 5.41) is 3.13. The van der Waals surface area contributed by atoms with Crippen LogP contribution in [0, 0.1) is 3.57 Å². The third-order valence-corrected chi connectivity index (χ3v) is 3.58. The molecule has 1 aromatic heterocycles. The molecule has 0 atom stereocenters. The van der Waals surface area contributed by atoms with Crippen molar-refractivity contribution in [1.82, 2.24) is 9.97 Å². The van der Waals surface area contributed by atoms with Crippen molar-refractivity contribution >= 4 is 28.4 Å². The summed E-state index contributed by atoms with van der Waals surface area (Å²) < 4.78 is 1.16. The van der Waals surface area contributed by atoms with E-state index in [1.165, 1.54) is 18.5 Å². The molecule has 1 aliphatic carbocycles. The smallest absolute Gasteiger partial charge is 0.143 e. The zero-order chi connectivity index (χ0) is 10.1. The van der Waals surface area contributed by atoms with E-state index in [9.17, 15) is 0 Å². The Labute approximate surface area is 97.9 Å². The van der Waals surface area contributed by atoms with E-state index < -0.39 is 0 Å². The van der Waals surface area contributed by atoms with Crippen molar-refractivity contribution in [1.29, 1.82) is 0 Å². The lowest BCUT2D eigenvalue weighted by Gasteiger charge is -2.09. The first-order valence-corrected chi connectivity index (χ1v) is 6.08. The normalized spacial score (nSPS) is 15.6. The molecule has 1 N–H and O–H groups in total. The highest BCUT2D eigenvalue weighted by Gasteiger charge is 2.27. The summed E-state index contributed by atoms with van der Waals surface area (Å²) in [6.45, 7) is 2.14. The number of anilines is 1. The zero-order valence-electron chi connectivity index (χ0n) is 8.47. The molecule has 76 valence electrons. The molecule has 0 aliphatic heterocycles. The molecule has 3 nitrogen and oxygen atoms in total. The molecule has 0 amide bonds. The average Bonchev–Trinajstić information content (AvgIpc) is 3.02. The molecule has 1 saturated carbocycles. The summed E-state index contributed by atoms with van der Waals surface area (Å²) in [5.41, 5.74) is 1.17. The number of hydrogen-bond donors (Lipinski definition) is 1. The fourth-order valence-electron chi connectivity index (χ4n) is 1.44. The van der Waals surface area contributed by atoms with Gasteiger partial charge in [-0.25, -0.2) is 9.97 Å². The number of aromatic nitrogens is 2. The van der Waals surface area contributed by atoms with Crippen molar-refractivity contribution < 1.29 is 0 Å². The number of halogens is 1. The number of nitrogens with zero attached hydrogens (tertiary/aromatic N) is 2. The fraction of sp³-hybridized carbons (Fsp3) is 0.600. The summed E-state index contributed by atoms with van der Waals surface area (Å²) in [7, 11) is 1.92. The molecule has 4 heteroatoms. The molecule has 1 aliphatic rings. The van der Waals surface area contributed by atoms with E-state index in [1.54, 1.807) is 0 Å². The van der Waals surface area contributed by atoms with Crippen LogP contribution in [-0.4, -0.2) is 17.0 Å². The van der Waals surface area contributed by atoms with E-state index in [0.29, 0.717) is 5.92 Å². The van der Waals surface area contributed by atoms with Crippen LogP contribution in [0.5, 0.6) is 0 Å². The lowest BCUT2D eigenvalue weighted by atomic mass is 10.3. The fourth-order valence-corrected chi connectivity index (χ4v) is 2.33. The maximum absolute atomic E-state index is 4.60. The molecule has 0 unspecified atom stereocenters. The summed E-state index contributed by atoms with van der Waals surface area (Å²) in [4.78, 5) is 9.13. The van der Waals surface area contributed by atoms with Gasteiger partial charge >= 0.3 is 0 Å². The van der Waals surface area contributed by atoms with Gasteiger partial charge in [0.15, 0.2) is 0 Å². The Morgan fingerprint density at radius 1 is 1.43 bits per heavy atom. The first kappa shape index (κ1) is 10.1. The Balaban J connectivity index is 2.43. The van der Waals surface area contributed by atoms with Crippen molar-refractivity contribution in [3.05, 3.63) is 15.1 Å². The van der Waals surface area contributed by atoms with Gasteiger partial charge in [0.25, 0.3) is 0 Å². The van der Waals surface area contributed by atoms with Gasteiger partial charge in [0, 0.05) is 13.0 Å². The number of rotatable bonds is 3. The molecule has 1 heterocycles. The molecular formula is C10H14IN3. The number of aryl methyl sites for hydroxylation is 1. The van der Waals surface area contributed by atoms with Crippen LogP contribution in [0.2, 0.25) is 0 Å². The largest absolute Gasteiger partial charge is 0.372 e. The van der Waals surface area contributed by atoms with Crippen molar-refractivity contribution in [3.63, 3.8) is 0 Å².